The zero-order valence-corrected chi connectivity index (χ0v) is 10.8. The highest BCUT2D eigenvalue weighted by molar-refractivity contribution is 7.98. The number of nitrogens with two attached hydrogens (primary N) is 1. The van der Waals surface area contributed by atoms with E-state index in [9.17, 15) is 5.11 Å². The van der Waals surface area contributed by atoms with Crippen molar-refractivity contribution in [2.24, 2.45) is 0 Å². The second kappa shape index (κ2) is 4.88. The van der Waals surface area contributed by atoms with Gasteiger partial charge in [-0.15, -0.1) is 0 Å². The van der Waals surface area contributed by atoms with Crippen molar-refractivity contribution in [2.75, 3.05) is 17.3 Å². The molecule has 16 heavy (non-hydrogen) atoms. The maximum absolute atomic E-state index is 9.59. The standard InChI is InChI=1S/C10H18N4OS/c1-6(15)10(2,3)14-8-5-7(11)12-9(13-8)16-4/h5-6,15H,1-4H3,(H3,11,12,13,14). The van der Waals surface area contributed by atoms with Crippen LogP contribution in [0.2, 0.25) is 0 Å². The van der Waals surface area contributed by atoms with E-state index in [4.69, 9.17) is 5.73 Å². The SMILES string of the molecule is CSc1nc(N)cc(NC(C)(C)C(C)O)n1. The van der Waals surface area contributed by atoms with Crippen molar-refractivity contribution in [3.8, 4) is 0 Å². The summed E-state index contributed by atoms with van der Waals surface area (Å²) in [5, 5.41) is 13.3. The Morgan fingerprint density at radius 3 is 2.62 bits per heavy atom. The van der Waals surface area contributed by atoms with Crippen LogP contribution in [0.25, 0.3) is 0 Å². The third kappa shape index (κ3) is 3.24. The number of rotatable bonds is 4. The molecule has 0 bridgehead atoms. The molecule has 90 valence electrons. The predicted molar refractivity (Wildman–Crippen MR) is 67.6 cm³/mol. The van der Waals surface area contributed by atoms with E-state index in [1.54, 1.807) is 13.0 Å². The summed E-state index contributed by atoms with van der Waals surface area (Å²) in [6.45, 7) is 5.52. The van der Waals surface area contributed by atoms with Gasteiger partial charge in [0.2, 0.25) is 0 Å². The Morgan fingerprint density at radius 2 is 2.12 bits per heavy atom. The highest BCUT2D eigenvalue weighted by Crippen LogP contribution is 2.20. The molecule has 1 unspecified atom stereocenters. The molecule has 0 aliphatic rings. The molecule has 1 atom stereocenters. The van der Waals surface area contributed by atoms with Gasteiger partial charge in [0.25, 0.3) is 0 Å². The molecule has 4 N–H and O–H groups in total. The molecule has 1 aromatic rings. The Bertz CT molecular complexity index is 368. The first kappa shape index (κ1) is 13.1. The zero-order valence-electron chi connectivity index (χ0n) is 9.98. The van der Waals surface area contributed by atoms with Crippen LogP contribution in [0.3, 0.4) is 0 Å². The summed E-state index contributed by atoms with van der Waals surface area (Å²) in [5.74, 6) is 1.05. The number of hydrogen-bond donors (Lipinski definition) is 3. The maximum Gasteiger partial charge on any atom is 0.191 e. The van der Waals surface area contributed by atoms with Gasteiger partial charge in [-0.05, 0) is 27.0 Å². The van der Waals surface area contributed by atoms with Crippen LogP contribution in [0.15, 0.2) is 11.2 Å². The Balaban J connectivity index is 2.93. The fraction of sp³-hybridized carbons (Fsp3) is 0.600. The number of nitrogens with zero attached hydrogens (tertiary/aromatic N) is 2. The minimum absolute atomic E-state index is 0.420. The maximum atomic E-state index is 9.59. The van der Waals surface area contributed by atoms with Crippen molar-refractivity contribution < 1.29 is 5.11 Å². The molecular weight excluding hydrogens is 224 g/mol. The summed E-state index contributed by atoms with van der Waals surface area (Å²) in [5.41, 5.74) is 5.20. The van der Waals surface area contributed by atoms with Gasteiger partial charge in [0.05, 0.1) is 11.6 Å². The topological polar surface area (TPSA) is 84.1 Å². The number of thioether (sulfide) groups is 1. The van der Waals surface area contributed by atoms with Gasteiger partial charge in [0.1, 0.15) is 11.6 Å². The van der Waals surface area contributed by atoms with Gasteiger partial charge in [-0.3, -0.25) is 0 Å². The van der Waals surface area contributed by atoms with Crippen LogP contribution in [0, 0.1) is 0 Å². The van der Waals surface area contributed by atoms with Crippen LogP contribution in [0.4, 0.5) is 11.6 Å². The van der Waals surface area contributed by atoms with Crippen LogP contribution >= 0.6 is 11.8 Å². The molecule has 0 saturated carbocycles. The van der Waals surface area contributed by atoms with Crippen LogP contribution in [0.5, 0.6) is 0 Å². The largest absolute Gasteiger partial charge is 0.391 e. The smallest absolute Gasteiger partial charge is 0.191 e. The Morgan fingerprint density at radius 1 is 1.50 bits per heavy atom. The number of aliphatic hydroxyl groups is 1. The lowest BCUT2D eigenvalue weighted by Gasteiger charge is -2.30. The summed E-state index contributed by atoms with van der Waals surface area (Å²) in [4.78, 5) is 8.32. The summed E-state index contributed by atoms with van der Waals surface area (Å²) < 4.78 is 0. The second-order valence-corrected chi connectivity index (χ2v) is 4.96. The van der Waals surface area contributed by atoms with E-state index in [0.29, 0.717) is 16.8 Å². The summed E-state index contributed by atoms with van der Waals surface area (Å²) in [6.07, 6.45) is 1.39. The van der Waals surface area contributed by atoms with Gasteiger partial charge in [-0.1, -0.05) is 11.8 Å². The van der Waals surface area contributed by atoms with Crippen molar-refractivity contribution in [1.29, 1.82) is 0 Å². The number of hydrogen-bond acceptors (Lipinski definition) is 6. The number of nitrogens with one attached hydrogen (secondary N) is 1. The van der Waals surface area contributed by atoms with Crippen LogP contribution in [-0.4, -0.2) is 33.0 Å². The molecule has 0 aliphatic heterocycles. The molecule has 0 aromatic carbocycles. The van der Waals surface area contributed by atoms with Crippen molar-refractivity contribution in [1.82, 2.24) is 9.97 Å². The molecule has 0 aliphatic carbocycles. The monoisotopic (exact) mass is 242 g/mol. The molecule has 1 rings (SSSR count). The van der Waals surface area contributed by atoms with Crippen molar-refractivity contribution >= 4 is 23.4 Å². The average molecular weight is 242 g/mol. The van der Waals surface area contributed by atoms with Crippen LogP contribution < -0.4 is 11.1 Å². The van der Waals surface area contributed by atoms with Gasteiger partial charge in [-0.2, -0.15) is 0 Å². The van der Waals surface area contributed by atoms with Gasteiger partial charge in [-0.25, -0.2) is 9.97 Å². The number of aromatic nitrogens is 2. The molecule has 6 heteroatoms. The molecule has 0 radical (unpaired) electrons. The number of nitrogen functional groups attached to an aromatic ring is 1. The summed E-state index contributed by atoms with van der Waals surface area (Å²) in [7, 11) is 0. The Kier molecular flexibility index (Phi) is 3.98. The molecule has 0 fully saturated rings. The lowest BCUT2D eigenvalue weighted by Crippen LogP contribution is -2.42. The van der Waals surface area contributed by atoms with E-state index in [1.165, 1.54) is 11.8 Å². The van der Waals surface area contributed by atoms with E-state index in [-0.39, 0.29) is 0 Å². The highest BCUT2D eigenvalue weighted by atomic mass is 32.2. The molecule has 0 saturated heterocycles. The van der Waals surface area contributed by atoms with Gasteiger partial charge in [0, 0.05) is 6.07 Å². The first-order valence-corrected chi connectivity index (χ1v) is 6.22. The molecular formula is C10H18N4OS. The molecule has 1 aromatic heterocycles. The zero-order chi connectivity index (χ0) is 12.3. The quantitative estimate of drug-likeness (QED) is 0.546. The lowest BCUT2D eigenvalue weighted by atomic mass is 9.99. The Hall–Kier alpha value is -1.01. The van der Waals surface area contributed by atoms with E-state index in [2.05, 4.69) is 15.3 Å². The van der Waals surface area contributed by atoms with E-state index in [1.807, 2.05) is 20.1 Å². The Labute approximate surface area is 99.9 Å². The van der Waals surface area contributed by atoms with Gasteiger partial charge >= 0.3 is 0 Å². The summed E-state index contributed by atoms with van der Waals surface area (Å²) in [6, 6.07) is 1.66. The van der Waals surface area contributed by atoms with Gasteiger partial charge < -0.3 is 16.2 Å². The van der Waals surface area contributed by atoms with E-state index in [0.717, 1.165) is 0 Å². The first-order chi connectivity index (χ1) is 7.35. The number of anilines is 2. The second-order valence-electron chi connectivity index (χ2n) is 4.19. The molecule has 5 nitrogen and oxygen atoms in total. The fourth-order valence-electron chi connectivity index (χ4n) is 1.03. The third-order valence-corrected chi connectivity index (χ3v) is 2.95. The minimum Gasteiger partial charge on any atom is -0.391 e. The third-order valence-electron chi connectivity index (χ3n) is 2.40. The first-order valence-electron chi connectivity index (χ1n) is 5.00. The van der Waals surface area contributed by atoms with Crippen LogP contribution in [0.1, 0.15) is 20.8 Å². The minimum atomic E-state index is -0.499. The average Bonchev–Trinajstić information content (AvgIpc) is 2.15. The molecule has 1 heterocycles. The number of aliphatic hydroxyl groups excluding tert-OH is 1. The van der Waals surface area contributed by atoms with E-state index >= 15 is 0 Å². The molecule has 0 spiro atoms. The van der Waals surface area contributed by atoms with Gasteiger partial charge in [0.15, 0.2) is 5.16 Å². The lowest BCUT2D eigenvalue weighted by molar-refractivity contribution is 0.133. The van der Waals surface area contributed by atoms with Crippen molar-refractivity contribution in [2.45, 2.75) is 37.6 Å². The van der Waals surface area contributed by atoms with Crippen molar-refractivity contribution in [3.05, 3.63) is 6.07 Å². The normalized spacial score (nSPS) is 13.6. The fourth-order valence-corrected chi connectivity index (χ4v) is 1.42. The van der Waals surface area contributed by atoms with E-state index < -0.39 is 11.6 Å². The van der Waals surface area contributed by atoms with Crippen LogP contribution in [-0.2, 0) is 0 Å². The predicted octanol–water partition coefficient (Wildman–Crippen LogP) is 1.35. The molecule has 0 amide bonds. The van der Waals surface area contributed by atoms with Crippen molar-refractivity contribution in [3.63, 3.8) is 0 Å². The highest BCUT2D eigenvalue weighted by Gasteiger charge is 2.24. The summed E-state index contributed by atoms with van der Waals surface area (Å²) >= 11 is 1.43.